The van der Waals surface area contributed by atoms with Crippen molar-refractivity contribution in [2.45, 2.75) is 0 Å². The maximum atomic E-state index is 12.1. The van der Waals surface area contributed by atoms with E-state index in [2.05, 4.69) is 40.9 Å². The van der Waals surface area contributed by atoms with Crippen LogP contribution in [0.1, 0.15) is 5.69 Å². The van der Waals surface area contributed by atoms with Crippen molar-refractivity contribution in [3.05, 3.63) is 90.8 Å². The standard InChI is InChI=1S/C25H24N4O2/c1-28(2)21-9-5-11-24(16-21)31-18-25(30)27-26-17-23-10-6-14-29(23)22-13-12-19-7-3-4-8-20(19)15-22/h3-17H,18H2,1-2H3,(H,27,30)/b26-17-. The minimum absolute atomic E-state index is 0.111. The van der Waals surface area contributed by atoms with E-state index in [1.807, 2.05) is 78.3 Å². The number of carbonyl (C=O) groups excluding carboxylic acids is 1. The summed E-state index contributed by atoms with van der Waals surface area (Å²) >= 11 is 0. The quantitative estimate of drug-likeness (QED) is 0.365. The summed E-state index contributed by atoms with van der Waals surface area (Å²) in [6.07, 6.45) is 3.59. The Hall–Kier alpha value is -4.06. The Bertz CT molecular complexity index is 1230. The number of nitrogens with zero attached hydrogens (tertiary/aromatic N) is 3. The molecule has 0 unspecified atom stereocenters. The van der Waals surface area contributed by atoms with E-state index in [0.29, 0.717) is 5.75 Å². The van der Waals surface area contributed by atoms with Crippen molar-refractivity contribution in [1.82, 2.24) is 9.99 Å². The van der Waals surface area contributed by atoms with Gasteiger partial charge in [0.1, 0.15) is 5.75 Å². The summed E-state index contributed by atoms with van der Waals surface area (Å²) in [4.78, 5) is 14.1. The van der Waals surface area contributed by atoms with E-state index in [-0.39, 0.29) is 12.5 Å². The maximum absolute atomic E-state index is 12.1. The third-order valence-corrected chi connectivity index (χ3v) is 4.88. The van der Waals surface area contributed by atoms with Gasteiger partial charge in [-0.05, 0) is 47.2 Å². The molecule has 1 N–H and O–H groups in total. The summed E-state index contributed by atoms with van der Waals surface area (Å²) in [5, 5.41) is 6.45. The Morgan fingerprint density at radius 3 is 2.68 bits per heavy atom. The zero-order valence-electron chi connectivity index (χ0n) is 17.5. The van der Waals surface area contributed by atoms with Crippen molar-refractivity contribution in [3.63, 3.8) is 0 Å². The van der Waals surface area contributed by atoms with Gasteiger partial charge in [-0.3, -0.25) is 4.79 Å². The molecule has 0 aliphatic heterocycles. The molecule has 0 radical (unpaired) electrons. The second kappa shape index (κ2) is 9.17. The smallest absolute Gasteiger partial charge is 0.277 e. The van der Waals surface area contributed by atoms with Crippen molar-refractivity contribution in [2.24, 2.45) is 5.10 Å². The summed E-state index contributed by atoms with van der Waals surface area (Å²) in [6.45, 7) is -0.111. The van der Waals surface area contributed by atoms with Gasteiger partial charge in [-0.2, -0.15) is 5.10 Å². The van der Waals surface area contributed by atoms with Crippen molar-refractivity contribution in [3.8, 4) is 11.4 Å². The molecule has 4 aromatic rings. The molecule has 1 amide bonds. The molecule has 4 rings (SSSR count). The summed E-state index contributed by atoms with van der Waals surface area (Å²) < 4.78 is 7.58. The summed E-state index contributed by atoms with van der Waals surface area (Å²) in [7, 11) is 3.91. The average Bonchev–Trinajstić information content (AvgIpc) is 3.26. The van der Waals surface area contributed by atoms with Gasteiger partial charge in [0.05, 0.1) is 11.9 Å². The number of benzene rings is 3. The number of hydrogen-bond donors (Lipinski definition) is 1. The molecule has 0 aliphatic carbocycles. The number of ether oxygens (including phenoxy) is 1. The van der Waals surface area contributed by atoms with Gasteiger partial charge < -0.3 is 14.2 Å². The predicted octanol–water partition coefficient (Wildman–Crippen LogP) is 4.23. The van der Waals surface area contributed by atoms with E-state index in [1.165, 1.54) is 10.8 Å². The van der Waals surface area contributed by atoms with Crippen LogP contribution in [0.3, 0.4) is 0 Å². The number of carbonyl (C=O) groups is 1. The molecule has 156 valence electrons. The lowest BCUT2D eigenvalue weighted by molar-refractivity contribution is -0.123. The fourth-order valence-electron chi connectivity index (χ4n) is 3.26. The molecule has 3 aromatic carbocycles. The molecule has 0 saturated heterocycles. The van der Waals surface area contributed by atoms with Crippen LogP contribution in [0, 0.1) is 0 Å². The average molecular weight is 412 g/mol. The minimum Gasteiger partial charge on any atom is -0.484 e. The van der Waals surface area contributed by atoms with Crippen molar-refractivity contribution in [2.75, 3.05) is 25.6 Å². The third kappa shape index (κ3) is 4.93. The lowest BCUT2D eigenvalue weighted by Gasteiger charge is -2.13. The van der Waals surface area contributed by atoms with E-state index >= 15 is 0 Å². The van der Waals surface area contributed by atoms with Crippen LogP contribution in [0.5, 0.6) is 5.75 Å². The first-order valence-corrected chi connectivity index (χ1v) is 9.99. The normalized spacial score (nSPS) is 11.0. The SMILES string of the molecule is CN(C)c1cccc(OCC(=O)N/N=C\c2cccn2-c2ccc3ccccc3c2)c1. The zero-order chi connectivity index (χ0) is 21.6. The molecule has 0 aliphatic rings. The molecule has 1 aromatic heterocycles. The topological polar surface area (TPSA) is 58.9 Å². The molecule has 0 bridgehead atoms. The number of fused-ring (bicyclic) bond motifs is 1. The predicted molar refractivity (Wildman–Crippen MR) is 125 cm³/mol. The lowest BCUT2D eigenvalue weighted by atomic mass is 10.1. The molecule has 1 heterocycles. The Kier molecular flexibility index (Phi) is 5.98. The van der Waals surface area contributed by atoms with Crippen LogP contribution in [0.15, 0.2) is 90.2 Å². The van der Waals surface area contributed by atoms with Crippen LogP contribution in [0.25, 0.3) is 16.5 Å². The summed E-state index contributed by atoms with van der Waals surface area (Å²) in [5.41, 5.74) is 5.41. The number of aromatic nitrogens is 1. The second-order valence-electron chi connectivity index (χ2n) is 7.31. The number of anilines is 1. The molecular formula is C25H24N4O2. The monoisotopic (exact) mass is 412 g/mol. The Morgan fingerprint density at radius 2 is 1.84 bits per heavy atom. The Labute approximate surface area is 181 Å². The number of hydrazone groups is 1. The maximum Gasteiger partial charge on any atom is 0.277 e. The van der Waals surface area contributed by atoms with E-state index < -0.39 is 0 Å². The van der Waals surface area contributed by atoms with Crippen LogP contribution in [0.2, 0.25) is 0 Å². The van der Waals surface area contributed by atoms with E-state index in [1.54, 1.807) is 6.21 Å². The van der Waals surface area contributed by atoms with Crippen molar-refractivity contribution in [1.29, 1.82) is 0 Å². The highest BCUT2D eigenvalue weighted by Gasteiger charge is 2.05. The van der Waals surface area contributed by atoms with Gasteiger partial charge in [0.2, 0.25) is 0 Å². The largest absolute Gasteiger partial charge is 0.484 e. The van der Waals surface area contributed by atoms with E-state index in [9.17, 15) is 4.79 Å². The van der Waals surface area contributed by atoms with Crippen molar-refractivity contribution < 1.29 is 9.53 Å². The first kappa shape index (κ1) is 20.2. The fraction of sp³-hybridized carbons (Fsp3) is 0.120. The van der Waals surface area contributed by atoms with Crippen molar-refractivity contribution >= 4 is 28.6 Å². The van der Waals surface area contributed by atoms with Gasteiger partial charge in [-0.25, -0.2) is 5.43 Å². The summed E-state index contributed by atoms with van der Waals surface area (Å²) in [6, 6.07) is 26.0. The molecule has 6 nitrogen and oxygen atoms in total. The molecular weight excluding hydrogens is 388 g/mol. The van der Waals surface area contributed by atoms with Crippen LogP contribution in [-0.2, 0) is 4.79 Å². The van der Waals surface area contributed by atoms with Gasteiger partial charge in [0, 0.05) is 37.7 Å². The van der Waals surface area contributed by atoms with Crippen LogP contribution in [-0.4, -0.2) is 37.4 Å². The van der Waals surface area contributed by atoms with E-state index in [0.717, 1.165) is 17.1 Å². The zero-order valence-corrected chi connectivity index (χ0v) is 17.5. The number of nitrogens with one attached hydrogen (secondary N) is 1. The molecule has 6 heteroatoms. The molecule has 0 saturated carbocycles. The molecule has 31 heavy (non-hydrogen) atoms. The Morgan fingerprint density at radius 1 is 1.00 bits per heavy atom. The highest BCUT2D eigenvalue weighted by Crippen LogP contribution is 2.20. The minimum atomic E-state index is -0.324. The first-order valence-electron chi connectivity index (χ1n) is 9.99. The van der Waals surface area contributed by atoms with Crippen LogP contribution >= 0.6 is 0 Å². The number of hydrogen-bond acceptors (Lipinski definition) is 4. The highest BCUT2D eigenvalue weighted by molar-refractivity contribution is 5.86. The van der Waals surface area contributed by atoms with Gasteiger partial charge in [0.25, 0.3) is 5.91 Å². The van der Waals surface area contributed by atoms with Gasteiger partial charge in [0.15, 0.2) is 6.61 Å². The number of rotatable bonds is 7. The fourth-order valence-corrected chi connectivity index (χ4v) is 3.26. The third-order valence-electron chi connectivity index (χ3n) is 4.88. The molecule has 0 atom stereocenters. The lowest BCUT2D eigenvalue weighted by Crippen LogP contribution is -2.24. The second-order valence-corrected chi connectivity index (χ2v) is 7.31. The van der Waals surface area contributed by atoms with E-state index in [4.69, 9.17) is 4.74 Å². The van der Waals surface area contributed by atoms with Crippen LogP contribution < -0.4 is 15.1 Å². The van der Waals surface area contributed by atoms with Gasteiger partial charge >= 0.3 is 0 Å². The highest BCUT2D eigenvalue weighted by atomic mass is 16.5. The van der Waals surface area contributed by atoms with Crippen LogP contribution in [0.4, 0.5) is 5.69 Å². The van der Waals surface area contributed by atoms with Gasteiger partial charge in [-0.1, -0.05) is 36.4 Å². The molecule has 0 fully saturated rings. The Balaban J connectivity index is 1.38. The molecule has 0 spiro atoms. The summed E-state index contributed by atoms with van der Waals surface area (Å²) in [5.74, 6) is 0.311. The number of amides is 1. The van der Waals surface area contributed by atoms with Gasteiger partial charge in [-0.15, -0.1) is 0 Å². The first-order chi connectivity index (χ1) is 15.1.